The Morgan fingerprint density at radius 2 is 1.76 bits per heavy atom. The van der Waals surface area contributed by atoms with E-state index in [4.69, 9.17) is 5.73 Å². The van der Waals surface area contributed by atoms with Gasteiger partial charge in [-0.15, -0.1) is 0 Å². The zero-order valence-electron chi connectivity index (χ0n) is 14.3. The van der Waals surface area contributed by atoms with Gasteiger partial charge in [0.2, 0.25) is 5.91 Å². The molecule has 3 rings (SSSR count). The summed E-state index contributed by atoms with van der Waals surface area (Å²) in [5, 5.41) is 5.83. The second kappa shape index (κ2) is 7.49. The number of benzene rings is 2. The second-order valence-corrected chi connectivity index (χ2v) is 6.56. The van der Waals surface area contributed by atoms with Crippen LogP contribution in [0.4, 0.5) is 11.4 Å². The van der Waals surface area contributed by atoms with Crippen molar-refractivity contribution in [1.82, 2.24) is 0 Å². The monoisotopic (exact) mass is 337 g/mol. The van der Waals surface area contributed by atoms with Gasteiger partial charge in [0.1, 0.15) is 0 Å². The van der Waals surface area contributed by atoms with E-state index in [2.05, 4.69) is 10.6 Å². The highest BCUT2D eigenvalue weighted by Crippen LogP contribution is 2.27. The van der Waals surface area contributed by atoms with Crippen molar-refractivity contribution in [2.45, 2.75) is 32.2 Å². The lowest BCUT2D eigenvalue weighted by atomic mass is 10.0. The fourth-order valence-corrected chi connectivity index (χ4v) is 3.23. The Morgan fingerprint density at radius 1 is 1.00 bits per heavy atom. The van der Waals surface area contributed by atoms with Crippen LogP contribution >= 0.6 is 0 Å². The lowest BCUT2D eigenvalue weighted by Gasteiger charge is -2.15. The van der Waals surface area contributed by atoms with Crippen molar-refractivity contribution >= 4 is 23.2 Å². The fraction of sp³-hybridized carbons (Fsp3) is 0.300. The minimum Gasteiger partial charge on any atom is -0.328 e. The number of para-hydroxylation sites is 1. The average molecular weight is 337 g/mol. The first-order chi connectivity index (χ1) is 12.0. The molecule has 0 saturated heterocycles. The smallest absolute Gasteiger partial charge is 0.256 e. The Morgan fingerprint density at radius 3 is 2.44 bits per heavy atom. The number of amides is 2. The molecule has 0 radical (unpaired) electrons. The minimum absolute atomic E-state index is 0.0170. The summed E-state index contributed by atoms with van der Waals surface area (Å²) in [5.74, 6) is -0.254. The first-order valence-corrected chi connectivity index (χ1v) is 8.57. The summed E-state index contributed by atoms with van der Waals surface area (Å²) in [5.41, 5.74) is 8.60. The van der Waals surface area contributed by atoms with Crippen LogP contribution in [-0.2, 0) is 4.79 Å². The van der Waals surface area contributed by atoms with Gasteiger partial charge in [-0.05, 0) is 56.0 Å². The molecule has 2 amide bonds. The number of rotatable bonds is 4. The van der Waals surface area contributed by atoms with E-state index in [1.807, 2.05) is 43.3 Å². The molecular formula is C20H23N3O2. The zero-order chi connectivity index (χ0) is 17.8. The molecule has 130 valence electrons. The van der Waals surface area contributed by atoms with Crippen LogP contribution in [0.25, 0.3) is 0 Å². The average Bonchev–Trinajstić information content (AvgIpc) is 3.04. The maximum Gasteiger partial charge on any atom is 0.256 e. The predicted molar refractivity (Wildman–Crippen MR) is 99.5 cm³/mol. The topological polar surface area (TPSA) is 84.2 Å². The Labute approximate surface area is 147 Å². The number of nitrogens with one attached hydrogen (secondary N) is 2. The molecule has 1 fully saturated rings. The first kappa shape index (κ1) is 17.2. The molecule has 1 aliphatic rings. The molecule has 0 heterocycles. The Kier molecular flexibility index (Phi) is 5.14. The molecule has 5 heteroatoms. The maximum absolute atomic E-state index is 12.5. The molecule has 2 aromatic rings. The summed E-state index contributed by atoms with van der Waals surface area (Å²) < 4.78 is 0. The van der Waals surface area contributed by atoms with Gasteiger partial charge in [0.05, 0.1) is 0 Å². The zero-order valence-corrected chi connectivity index (χ0v) is 14.3. The molecule has 5 nitrogen and oxygen atoms in total. The van der Waals surface area contributed by atoms with Gasteiger partial charge >= 0.3 is 0 Å². The van der Waals surface area contributed by atoms with Crippen molar-refractivity contribution in [3.05, 3.63) is 59.7 Å². The van der Waals surface area contributed by atoms with Gasteiger partial charge in [0.25, 0.3) is 5.91 Å². The summed E-state index contributed by atoms with van der Waals surface area (Å²) in [6.45, 7) is 1.84. The largest absolute Gasteiger partial charge is 0.328 e. The van der Waals surface area contributed by atoms with E-state index in [-0.39, 0.29) is 23.8 Å². The SMILES string of the molecule is Cc1c(NC(=O)C2CCC(N)C2)cccc1C(=O)Nc1ccccc1. The summed E-state index contributed by atoms with van der Waals surface area (Å²) in [7, 11) is 0. The van der Waals surface area contributed by atoms with Crippen LogP contribution in [0, 0.1) is 12.8 Å². The van der Waals surface area contributed by atoms with E-state index in [1.165, 1.54) is 0 Å². The van der Waals surface area contributed by atoms with Gasteiger partial charge in [-0.25, -0.2) is 0 Å². The lowest BCUT2D eigenvalue weighted by Crippen LogP contribution is -2.24. The third kappa shape index (κ3) is 4.06. The van der Waals surface area contributed by atoms with Crippen LogP contribution < -0.4 is 16.4 Å². The first-order valence-electron chi connectivity index (χ1n) is 8.57. The molecule has 2 atom stereocenters. The van der Waals surface area contributed by atoms with E-state index in [0.717, 1.165) is 30.5 Å². The van der Waals surface area contributed by atoms with Crippen LogP contribution in [-0.4, -0.2) is 17.9 Å². The van der Waals surface area contributed by atoms with Crippen molar-refractivity contribution < 1.29 is 9.59 Å². The summed E-state index contributed by atoms with van der Waals surface area (Å²) >= 11 is 0. The summed E-state index contributed by atoms with van der Waals surface area (Å²) in [6, 6.07) is 14.8. The van der Waals surface area contributed by atoms with Gasteiger partial charge < -0.3 is 16.4 Å². The van der Waals surface area contributed by atoms with E-state index >= 15 is 0 Å². The Bertz CT molecular complexity index is 774. The molecule has 2 unspecified atom stereocenters. The van der Waals surface area contributed by atoms with E-state index < -0.39 is 0 Å². The molecular weight excluding hydrogens is 314 g/mol. The summed E-state index contributed by atoms with van der Waals surface area (Å²) in [6.07, 6.45) is 2.43. The van der Waals surface area contributed by atoms with Crippen molar-refractivity contribution in [2.75, 3.05) is 10.6 Å². The van der Waals surface area contributed by atoms with Gasteiger partial charge in [-0.1, -0.05) is 24.3 Å². The standard InChI is InChI=1S/C20H23N3O2/c1-13-17(20(25)22-16-6-3-2-4-7-16)8-5-9-18(13)23-19(24)14-10-11-15(21)12-14/h2-9,14-15H,10-12,21H2,1H3,(H,22,25)(H,23,24). The van der Waals surface area contributed by atoms with E-state index in [1.54, 1.807) is 12.1 Å². The van der Waals surface area contributed by atoms with Crippen LogP contribution in [0.3, 0.4) is 0 Å². The number of hydrogen-bond acceptors (Lipinski definition) is 3. The summed E-state index contributed by atoms with van der Waals surface area (Å²) in [4.78, 5) is 24.9. The number of nitrogens with two attached hydrogens (primary N) is 1. The van der Waals surface area contributed by atoms with Crippen molar-refractivity contribution in [3.63, 3.8) is 0 Å². The van der Waals surface area contributed by atoms with Crippen molar-refractivity contribution in [3.8, 4) is 0 Å². The van der Waals surface area contributed by atoms with Crippen molar-refractivity contribution in [2.24, 2.45) is 11.7 Å². The maximum atomic E-state index is 12.5. The highest BCUT2D eigenvalue weighted by atomic mass is 16.2. The van der Waals surface area contributed by atoms with Gasteiger partial charge in [0, 0.05) is 28.9 Å². The van der Waals surface area contributed by atoms with Crippen LogP contribution in [0.2, 0.25) is 0 Å². The third-order valence-electron chi connectivity index (χ3n) is 4.71. The second-order valence-electron chi connectivity index (χ2n) is 6.56. The molecule has 1 aliphatic carbocycles. The predicted octanol–water partition coefficient (Wildman–Crippen LogP) is 3.31. The lowest BCUT2D eigenvalue weighted by molar-refractivity contribution is -0.119. The number of carbonyl (C=O) groups excluding carboxylic acids is 2. The third-order valence-corrected chi connectivity index (χ3v) is 4.71. The molecule has 4 N–H and O–H groups in total. The van der Waals surface area contributed by atoms with Gasteiger partial charge in [-0.2, -0.15) is 0 Å². The molecule has 25 heavy (non-hydrogen) atoms. The van der Waals surface area contributed by atoms with Crippen LogP contribution in [0.15, 0.2) is 48.5 Å². The highest BCUT2D eigenvalue weighted by molar-refractivity contribution is 6.07. The van der Waals surface area contributed by atoms with Crippen LogP contribution in [0.5, 0.6) is 0 Å². The highest BCUT2D eigenvalue weighted by Gasteiger charge is 2.28. The van der Waals surface area contributed by atoms with Crippen LogP contribution in [0.1, 0.15) is 35.2 Å². The van der Waals surface area contributed by atoms with Gasteiger partial charge in [0.15, 0.2) is 0 Å². The normalized spacial score (nSPS) is 19.4. The molecule has 0 bridgehead atoms. The molecule has 0 aromatic heterocycles. The fourth-order valence-electron chi connectivity index (χ4n) is 3.23. The quantitative estimate of drug-likeness (QED) is 0.800. The molecule has 2 aromatic carbocycles. The van der Waals surface area contributed by atoms with E-state index in [0.29, 0.717) is 11.3 Å². The minimum atomic E-state index is -0.192. The Hall–Kier alpha value is -2.66. The molecule has 1 saturated carbocycles. The number of hydrogen-bond donors (Lipinski definition) is 3. The Balaban J connectivity index is 1.73. The van der Waals surface area contributed by atoms with Crippen molar-refractivity contribution in [1.29, 1.82) is 0 Å². The number of anilines is 2. The molecule has 0 aliphatic heterocycles. The number of carbonyl (C=O) groups is 2. The molecule has 0 spiro atoms. The van der Waals surface area contributed by atoms with Gasteiger partial charge in [-0.3, -0.25) is 9.59 Å². The van der Waals surface area contributed by atoms with E-state index in [9.17, 15) is 9.59 Å².